The minimum absolute atomic E-state index is 0.137. The smallest absolute Gasteiger partial charge is 0.406 e. The average molecular weight is 226 g/mol. The van der Waals surface area contributed by atoms with Gasteiger partial charge in [-0.1, -0.05) is 0 Å². The summed E-state index contributed by atoms with van der Waals surface area (Å²) in [7, 11) is 0. The van der Waals surface area contributed by atoms with Crippen molar-refractivity contribution in [3.05, 3.63) is 29.3 Å². The summed E-state index contributed by atoms with van der Waals surface area (Å²) in [6.45, 7) is 0. The van der Waals surface area contributed by atoms with Gasteiger partial charge in [0.05, 0.1) is 5.56 Å². The maximum Gasteiger partial charge on any atom is 0.573 e. The van der Waals surface area contributed by atoms with Crippen LogP contribution in [0.5, 0.6) is 5.75 Å². The molecule has 0 bridgehead atoms. The number of carbonyl (C=O) groups excluding carboxylic acids is 1. The normalized spacial score (nSPS) is 11.3. The van der Waals surface area contributed by atoms with Crippen LogP contribution in [-0.4, -0.2) is 12.6 Å². The number of aldehydes is 1. The molecule has 0 aliphatic heterocycles. The van der Waals surface area contributed by atoms with Crippen LogP contribution < -0.4 is 4.74 Å². The Bertz CT molecular complexity index is 362. The number of hydrogen-bond donors (Lipinski definition) is 0. The van der Waals surface area contributed by atoms with E-state index in [0.717, 1.165) is 0 Å². The van der Waals surface area contributed by atoms with Crippen LogP contribution in [0, 0.1) is 11.6 Å². The van der Waals surface area contributed by atoms with Gasteiger partial charge in [0.2, 0.25) is 0 Å². The van der Waals surface area contributed by atoms with Crippen molar-refractivity contribution in [1.82, 2.24) is 0 Å². The standard InChI is InChI=1S/C8H3F5O2/c9-6-1-4(15-8(11,12)13)2-7(10)5(6)3-14/h1-3H. The van der Waals surface area contributed by atoms with Gasteiger partial charge >= 0.3 is 6.36 Å². The quantitative estimate of drug-likeness (QED) is 0.572. The van der Waals surface area contributed by atoms with Crippen LogP contribution in [0.4, 0.5) is 22.0 Å². The van der Waals surface area contributed by atoms with Crippen molar-refractivity contribution in [2.75, 3.05) is 0 Å². The first-order valence-electron chi connectivity index (χ1n) is 3.53. The first-order valence-corrected chi connectivity index (χ1v) is 3.53. The van der Waals surface area contributed by atoms with E-state index in [1.165, 1.54) is 0 Å². The number of hydrogen-bond acceptors (Lipinski definition) is 2. The molecule has 1 rings (SSSR count). The third-order valence-electron chi connectivity index (χ3n) is 1.40. The van der Waals surface area contributed by atoms with E-state index in [0.29, 0.717) is 0 Å². The molecule has 15 heavy (non-hydrogen) atoms. The molecule has 0 aliphatic rings. The van der Waals surface area contributed by atoms with Crippen molar-refractivity contribution in [2.45, 2.75) is 6.36 Å². The van der Waals surface area contributed by atoms with E-state index in [-0.39, 0.29) is 18.4 Å². The third kappa shape index (κ3) is 2.90. The maximum atomic E-state index is 12.8. The molecule has 0 radical (unpaired) electrons. The van der Waals surface area contributed by atoms with Gasteiger partial charge in [-0.05, 0) is 0 Å². The highest BCUT2D eigenvalue weighted by Crippen LogP contribution is 2.25. The summed E-state index contributed by atoms with van der Waals surface area (Å²) in [6.07, 6.45) is -5.18. The second-order valence-corrected chi connectivity index (χ2v) is 2.47. The molecule has 0 atom stereocenters. The van der Waals surface area contributed by atoms with Crippen LogP contribution in [0.25, 0.3) is 0 Å². The maximum absolute atomic E-state index is 12.8. The van der Waals surface area contributed by atoms with Gasteiger partial charge in [0, 0.05) is 12.1 Å². The molecule has 1 aromatic carbocycles. The molecule has 0 fully saturated rings. The summed E-state index contributed by atoms with van der Waals surface area (Å²) in [5.74, 6) is -3.88. The fourth-order valence-electron chi connectivity index (χ4n) is 0.866. The lowest BCUT2D eigenvalue weighted by atomic mass is 10.2. The van der Waals surface area contributed by atoms with Crippen molar-refractivity contribution in [1.29, 1.82) is 0 Å². The van der Waals surface area contributed by atoms with Gasteiger partial charge < -0.3 is 4.74 Å². The van der Waals surface area contributed by atoms with E-state index in [1.54, 1.807) is 0 Å². The molecular weight excluding hydrogens is 223 g/mol. The van der Waals surface area contributed by atoms with Gasteiger partial charge in [-0.3, -0.25) is 4.79 Å². The number of halogens is 5. The van der Waals surface area contributed by atoms with Gasteiger partial charge in [-0.25, -0.2) is 8.78 Å². The minimum atomic E-state index is -5.04. The highest BCUT2D eigenvalue weighted by Gasteiger charge is 2.31. The molecule has 0 saturated heterocycles. The summed E-state index contributed by atoms with van der Waals surface area (Å²) in [6, 6.07) is 0.556. The third-order valence-corrected chi connectivity index (χ3v) is 1.40. The highest BCUT2D eigenvalue weighted by molar-refractivity contribution is 5.75. The van der Waals surface area contributed by atoms with E-state index in [9.17, 15) is 26.7 Å². The van der Waals surface area contributed by atoms with Gasteiger partial charge in [0.15, 0.2) is 6.29 Å². The Balaban J connectivity index is 3.09. The van der Waals surface area contributed by atoms with Crippen LogP contribution in [0.15, 0.2) is 12.1 Å². The SMILES string of the molecule is O=Cc1c(F)cc(OC(F)(F)F)cc1F. The number of rotatable bonds is 2. The molecule has 0 aliphatic carbocycles. The molecule has 7 heteroatoms. The number of benzene rings is 1. The predicted molar refractivity (Wildman–Crippen MR) is 38.4 cm³/mol. The van der Waals surface area contributed by atoms with Crippen molar-refractivity contribution in [3.8, 4) is 5.75 Å². The molecule has 1 aromatic rings. The molecule has 2 nitrogen and oxygen atoms in total. The first kappa shape index (κ1) is 11.4. The van der Waals surface area contributed by atoms with Crippen molar-refractivity contribution < 1.29 is 31.5 Å². The van der Waals surface area contributed by atoms with Gasteiger partial charge in [0.1, 0.15) is 17.4 Å². The van der Waals surface area contributed by atoms with E-state index in [4.69, 9.17) is 0 Å². The molecular formula is C8H3F5O2. The van der Waals surface area contributed by atoms with Crippen LogP contribution >= 0.6 is 0 Å². The first-order chi connectivity index (χ1) is 6.83. The van der Waals surface area contributed by atoms with Gasteiger partial charge in [-0.15, -0.1) is 13.2 Å². The summed E-state index contributed by atoms with van der Waals surface area (Å²) in [5, 5.41) is 0. The van der Waals surface area contributed by atoms with E-state index < -0.39 is 29.3 Å². The van der Waals surface area contributed by atoms with Crippen LogP contribution in [0.2, 0.25) is 0 Å². The average Bonchev–Trinajstić information content (AvgIpc) is 1.99. The Morgan fingerprint density at radius 2 is 1.60 bits per heavy atom. The van der Waals surface area contributed by atoms with Crippen LogP contribution in [-0.2, 0) is 0 Å². The van der Waals surface area contributed by atoms with Crippen LogP contribution in [0.1, 0.15) is 10.4 Å². The van der Waals surface area contributed by atoms with Gasteiger partial charge in [0.25, 0.3) is 0 Å². The van der Waals surface area contributed by atoms with Crippen molar-refractivity contribution >= 4 is 6.29 Å². The molecule has 0 amide bonds. The number of carbonyl (C=O) groups is 1. The minimum Gasteiger partial charge on any atom is -0.406 e. The highest BCUT2D eigenvalue weighted by atomic mass is 19.4. The molecule has 0 saturated carbocycles. The molecule has 0 unspecified atom stereocenters. The van der Waals surface area contributed by atoms with Crippen molar-refractivity contribution in [2.24, 2.45) is 0 Å². The zero-order valence-corrected chi connectivity index (χ0v) is 6.94. The zero-order chi connectivity index (χ0) is 11.6. The Morgan fingerprint density at radius 1 is 1.13 bits per heavy atom. The lowest BCUT2D eigenvalue weighted by molar-refractivity contribution is -0.274. The fraction of sp³-hybridized carbons (Fsp3) is 0.125. The second-order valence-electron chi connectivity index (χ2n) is 2.47. The number of alkyl halides is 3. The summed E-state index contributed by atoms with van der Waals surface area (Å²) >= 11 is 0. The van der Waals surface area contributed by atoms with E-state index in [2.05, 4.69) is 4.74 Å². The monoisotopic (exact) mass is 226 g/mol. The largest absolute Gasteiger partial charge is 0.573 e. The molecule has 0 heterocycles. The fourth-order valence-corrected chi connectivity index (χ4v) is 0.866. The molecule has 82 valence electrons. The molecule has 0 aromatic heterocycles. The number of ether oxygens (including phenoxy) is 1. The van der Waals surface area contributed by atoms with Gasteiger partial charge in [-0.2, -0.15) is 0 Å². The zero-order valence-electron chi connectivity index (χ0n) is 6.94. The lowest BCUT2D eigenvalue weighted by Crippen LogP contribution is -2.17. The molecule has 0 N–H and O–H groups in total. The second kappa shape index (κ2) is 3.84. The summed E-state index contributed by atoms with van der Waals surface area (Å²) in [4.78, 5) is 10.1. The van der Waals surface area contributed by atoms with E-state index in [1.807, 2.05) is 0 Å². The Hall–Kier alpha value is -1.66. The van der Waals surface area contributed by atoms with Crippen LogP contribution in [0.3, 0.4) is 0 Å². The summed E-state index contributed by atoms with van der Waals surface area (Å²) in [5.41, 5.74) is -0.940. The predicted octanol–water partition coefficient (Wildman–Crippen LogP) is 2.68. The summed E-state index contributed by atoms with van der Waals surface area (Å²) < 4.78 is 63.8. The lowest BCUT2D eigenvalue weighted by Gasteiger charge is -2.09. The van der Waals surface area contributed by atoms with E-state index >= 15 is 0 Å². The Labute approximate surface area is 80.3 Å². The Kier molecular flexibility index (Phi) is 2.92. The van der Waals surface area contributed by atoms with Crippen molar-refractivity contribution in [3.63, 3.8) is 0 Å². The Morgan fingerprint density at radius 3 is 1.93 bits per heavy atom. The topological polar surface area (TPSA) is 26.3 Å². The molecule has 0 spiro atoms.